The molecular formula is C6H13BO5. The summed E-state index contributed by atoms with van der Waals surface area (Å²) in [6.07, 6.45) is -1.20. The van der Waals surface area contributed by atoms with Crippen LogP contribution in [0.1, 0.15) is 20.8 Å². The Balaban J connectivity index is 3.77. The van der Waals surface area contributed by atoms with E-state index in [2.05, 4.69) is 4.65 Å². The Morgan fingerprint density at radius 3 is 2.17 bits per heavy atom. The largest absolute Gasteiger partial charge is 0.634 e. The van der Waals surface area contributed by atoms with Crippen molar-refractivity contribution in [2.45, 2.75) is 33.0 Å². The van der Waals surface area contributed by atoms with Crippen molar-refractivity contribution in [3.05, 3.63) is 0 Å². The van der Waals surface area contributed by atoms with E-state index >= 15 is 0 Å². The third-order valence-corrected chi connectivity index (χ3v) is 1.01. The van der Waals surface area contributed by atoms with Crippen molar-refractivity contribution in [1.82, 2.24) is 0 Å². The summed E-state index contributed by atoms with van der Waals surface area (Å²) in [5.74, 6) is -0.613. The molecule has 0 aliphatic carbocycles. The zero-order chi connectivity index (χ0) is 9.72. The first-order valence-electron chi connectivity index (χ1n) is 3.65. The van der Waals surface area contributed by atoms with Gasteiger partial charge in [0, 0.05) is 0 Å². The number of ether oxygens (including phenoxy) is 1. The van der Waals surface area contributed by atoms with Crippen LogP contribution in [0.4, 0.5) is 0 Å². The quantitative estimate of drug-likeness (QED) is 0.438. The molecule has 70 valence electrons. The molecule has 0 aromatic heterocycles. The molecule has 0 aromatic carbocycles. The van der Waals surface area contributed by atoms with Crippen LogP contribution in [0.3, 0.4) is 0 Å². The van der Waals surface area contributed by atoms with Crippen molar-refractivity contribution >= 4 is 13.3 Å². The monoisotopic (exact) mass is 176 g/mol. The lowest BCUT2D eigenvalue weighted by atomic mass is 10.2. The summed E-state index contributed by atoms with van der Waals surface area (Å²) in [4.78, 5) is 10.9. The van der Waals surface area contributed by atoms with Crippen LogP contribution in [0.2, 0.25) is 0 Å². The summed E-state index contributed by atoms with van der Waals surface area (Å²) in [6.45, 7) is 4.77. The maximum atomic E-state index is 10.9. The molecule has 0 aliphatic rings. The highest BCUT2D eigenvalue weighted by Crippen LogP contribution is 1.98. The molecule has 0 heterocycles. The second-order valence-corrected chi connectivity index (χ2v) is 2.59. The lowest BCUT2D eigenvalue weighted by molar-refractivity contribution is -0.156. The van der Waals surface area contributed by atoms with Crippen molar-refractivity contribution < 1.29 is 24.2 Å². The summed E-state index contributed by atoms with van der Waals surface area (Å²) in [6, 6.07) is 0. The highest BCUT2D eigenvalue weighted by Gasteiger charge is 2.22. The van der Waals surface area contributed by atoms with E-state index in [4.69, 9.17) is 14.8 Å². The van der Waals surface area contributed by atoms with Crippen molar-refractivity contribution in [3.63, 3.8) is 0 Å². The van der Waals surface area contributed by atoms with Crippen LogP contribution < -0.4 is 0 Å². The Morgan fingerprint density at radius 2 is 1.83 bits per heavy atom. The van der Waals surface area contributed by atoms with Gasteiger partial charge in [-0.05, 0) is 20.8 Å². The average Bonchev–Trinajstić information content (AvgIpc) is 1.84. The van der Waals surface area contributed by atoms with Crippen LogP contribution in [0.5, 0.6) is 0 Å². The molecule has 6 heteroatoms. The van der Waals surface area contributed by atoms with Crippen LogP contribution in [-0.4, -0.2) is 35.5 Å². The molecule has 5 nitrogen and oxygen atoms in total. The first-order chi connectivity index (χ1) is 5.43. The molecule has 1 atom stereocenters. The van der Waals surface area contributed by atoms with Gasteiger partial charge in [0.1, 0.15) is 6.10 Å². The number of esters is 1. The second kappa shape index (κ2) is 5.13. The summed E-state index contributed by atoms with van der Waals surface area (Å²) < 4.78 is 9.08. The normalized spacial score (nSPS) is 12.8. The fraction of sp³-hybridized carbons (Fsp3) is 0.833. The third kappa shape index (κ3) is 5.12. The summed E-state index contributed by atoms with van der Waals surface area (Å²) >= 11 is 0. The van der Waals surface area contributed by atoms with Gasteiger partial charge >= 0.3 is 13.3 Å². The van der Waals surface area contributed by atoms with Gasteiger partial charge in [0.05, 0.1) is 6.10 Å². The van der Waals surface area contributed by atoms with E-state index in [0.29, 0.717) is 0 Å². The average molecular weight is 176 g/mol. The predicted octanol–water partition coefficient (Wildman–Crippen LogP) is -0.687. The number of rotatable bonds is 4. The van der Waals surface area contributed by atoms with Gasteiger partial charge in [0.25, 0.3) is 0 Å². The highest BCUT2D eigenvalue weighted by molar-refractivity contribution is 6.33. The van der Waals surface area contributed by atoms with Crippen molar-refractivity contribution in [3.8, 4) is 0 Å². The minimum absolute atomic E-state index is 0.237. The van der Waals surface area contributed by atoms with Gasteiger partial charge in [-0.1, -0.05) is 0 Å². The summed E-state index contributed by atoms with van der Waals surface area (Å²) in [5, 5.41) is 16.7. The zero-order valence-corrected chi connectivity index (χ0v) is 7.35. The van der Waals surface area contributed by atoms with Crippen molar-refractivity contribution in [1.29, 1.82) is 0 Å². The van der Waals surface area contributed by atoms with E-state index < -0.39 is 19.4 Å². The number of hydrogen-bond donors (Lipinski definition) is 2. The molecule has 12 heavy (non-hydrogen) atoms. The van der Waals surface area contributed by atoms with Gasteiger partial charge in [0.15, 0.2) is 0 Å². The van der Waals surface area contributed by atoms with Gasteiger partial charge in [-0.25, -0.2) is 4.79 Å². The molecule has 0 aromatic rings. The fourth-order valence-corrected chi connectivity index (χ4v) is 0.566. The SMILES string of the molecule is CC(C)OC(=O)C(C)OB(O)O. The first-order valence-corrected chi connectivity index (χ1v) is 3.65. The lowest BCUT2D eigenvalue weighted by Gasteiger charge is -2.13. The first kappa shape index (κ1) is 11.4. The maximum Gasteiger partial charge on any atom is 0.634 e. The smallest absolute Gasteiger partial charge is 0.461 e. The topological polar surface area (TPSA) is 76.0 Å². The van der Waals surface area contributed by atoms with Gasteiger partial charge in [-0.2, -0.15) is 0 Å². The summed E-state index contributed by atoms with van der Waals surface area (Å²) in [7, 11) is -1.94. The standard InChI is InChI=1S/C6H13BO5/c1-4(2)11-6(8)5(3)12-7(9)10/h4-5,9-10H,1-3H3. The fourth-order valence-electron chi connectivity index (χ4n) is 0.566. The number of carbonyl (C=O) groups is 1. The lowest BCUT2D eigenvalue weighted by Crippen LogP contribution is -2.32. The van der Waals surface area contributed by atoms with Gasteiger partial charge in [-0.15, -0.1) is 0 Å². The van der Waals surface area contributed by atoms with Crippen LogP contribution in [0.15, 0.2) is 0 Å². The molecule has 0 aliphatic heterocycles. The van der Waals surface area contributed by atoms with E-state index in [1.165, 1.54) is 6.92 Å². The van der Waals surface area contributed by atoms with Crippen LogP contribution >= 0.6 is 0 Å². The Kier molecular flexibility index (Phi) is 4.88. The molecule has 0 amide bonds. The Bertz CT molecular complexity index is 147. The number of hydrogen-bond acceptors (Lipinski definition) is 5. The minimum Gasteiger partial charge on any atom is -0.461 e. The molecule has 1 unspecified atom stereocenters. The number of carbonyl (C=O) groups excluding carboxylic acids is 1. The maximum absolute atomic E-state index is 10.9. The molecule has 0 radical (unpaired) electrons. The summed E-state index contributed by atoms with van der Waals surface area (Å²) in [5.41, 5.74) is 0. The molecule has 0 bridgehead atoms. The predicted molar refractivity (Wildman–Crippen MR) is 42.0 cm³/mol. The van der Waals surface area contributed by atoms with E-state index in [0.717, 1.165) is 0 Å². The van der Waals surface area contributed by atoms with E-state index in [1.54, 1.807) is 13.8 Å². The zero-order valence-electron chi connectivity index (χ0n) is 7.35. The molecule has 0 saturated heterocycles. The van der Waals surface area contributed by atoms with E-state index in [-0.39, 0.29) is 6.10 Å². The molecule has 0 rings (SSSR count). The van der Waals surface area contributed by atoms with Crippen LogP contribution in [-0.2, 0) is 14.2 Å². The van der Waals surface area contributed by atoms with E-state index in [1.807, 2.05) is 0 Å². The molecular weight excluding hydrogens is 163 g/mol. The Morgan fingerprint density at radius 1 is 1.33 bits per heavy atom. The third-order valence-electron chi connectivity index (χ3n) is 1.01. The minimum atomic E-state index is -1.94. The van der Waals surface area contributed by atoms with Crippen molar-refractivity contribution in [2.75, 3.05) is 0 Å². The molecule has 0 spiro atoms. The van der Waals surface area contributed by atoms with Crippen molar-refractivity contribution in [2.24, 2.45) is 0 Å². The van der Waals surface area contributed by atoms with Crippen LogP contribution in [0, 0.1) is 0 Å². The Hall–Kier alpha value is -0.585. The van der Waals surface area contributed by atoms with Gasteiger partial charge in [-0.3, -0.25) is 0 Å². The second-order valence-electron chi connectivity index (χ2n) is 2.59. The highest BCUT2D eigenvalue weighted by atomic mass is 16.6. The van der Waals surface area contributed by atoms with Crippen LogP contribution in [0.25, 0.3) is 0 Å². The van der Waals surface area contributed by atoms with Gasteiger partial charge in [0.2, 0.25) is 0 Å². The van der Waals surface area contributed by atoms with E-state index in [9.17, 15) is 4.79 Å². The molecule has 0 fully saturated rings. The molecule has 0 saturated carbocycles. The molecule has 2 N–H and O–H groups in total. The Labute approximate surface area is 71.5 Å². The van der Waals surface area contributed by atoms with Gasteiger partial charge < -0.3 is 19.4 Å².